The molecule has 0 saturated carbocycles. The Morgan fingerprint density at radius 3 is 2.76 bits per heavy atom. The van der Waals surface area contributed by atoms with Crippen LogP contribution in [0.25, 0.3) is 0 Å². The lowest BCUT2D eigenvalue weighted by molar-refractivity contribution is -0.145. The van der Waals surface area contributed by atoms with E-state index in [0.717, 1.165) is 0 Å². The number of aliphatic carboxylic acids is 1. The first-order chi connectivity index (χ1) is 10.1. The predicted molar refractivity (Wildman–Crippen MR) is 73.3 cm³/mol. The zero-order valence-electron chi connectivity index (χ0n) is 11.8. The first-order valence-corrected chi connectivity index (χ1v) is 6.72. The molecule has 0 atom stereocenters. The number of ether oxygens (including phenoxy) is 2. The van der Waals surface area contributed by atoms with Gasteiger partial charge in [-0.2, -0.15) is 0 Å². The van der Waals surface area contributed by atoms with Gasteiger partial charge >= 0.3 is 5.97 Å². The van der Waals surface area contributed by atoms with Crippen molar-refractivity contribution >= 4 is 11.9 Å². The average Bonchev–Trinajstić information content (AvgIpc) is 2.52. The Bertz CT molecular complexity index is 512. The molecule has 114 valence electrons. The number of amides is 1. The second kappa shape index (κ2) is 7.03. The van der Waals surface area contributed by atoms with Crippen LogP contribution in [0.4, 0.5) is 0 Å². The largest absolute Gasteiger partial charge is 0.494 e. The summed E-state index contributed by atoms with van der Waals surface area (Å²) < 4.78 is 10.4. The minimum Gasteiger partial charge on any atom is -0.494 e. The molecular formula is C14H18N2O5. The molecule has 0 bridgehead atoms. The van der Waals surface area contributed by atoms with E-state index in [9.17, 15) is 9.59 Å². The Labute approximate surface area is 122 Å². The molecular weight excluding hydrogens is 276 g/mol. The molecule has 1 amide bonds. The fourth-order valence-corrected chi connectivity index (χ4v) is 2.30. The van der Waals surface area contributed by atoms with Crippen molar-refractivity contribution in [3.63, 3.8) is 0 Å². The van der Waals surface area contributed by atoms with Gasteiger partial charge in [0.05, 0.1) is 25.0 Å². The molecule has 0 unspecified atom stereocenters. The summed E-state index contributed by atoms with van der Waals surface area (Å²) in [4.78, 5) is 28.5. The highest BCUT2D eigenvalue weighted by Gasteiger charge is 2.26. The maximum Gasteiger partial charge on any atom is 0.329 e. The van der Waals surface area contributed by atoms with Crippen LogP contribution < -0.4 is 4.74 Å². The summed E-state index contributed by atoms with van der Waals surface area (Å²) in [6, 6.07) is 1.63. The number of rotatable bonds is 5. The highest BCUT2D eigenvalue weighted by atomic mass is 16.5. The van der Waals surface area contributed by atoms with Gasteiger partial charge in [-0.1, -0.05) is 0 Å². The summed E-state index contributed by atoms with van der Waals surface area (Å²) in [6.45, 7) is 0.778. The Morgan fingerprint density at radius 2 is 2.14 bits per heavy atom. The standard InChI is InChI=1S/C14H18N2O5/c1-20-12-8-15-5-2-11(12)14(19)16-6-3-10(4-7-16)21-9-13(17)18/h2,5,8,10H,3-4,6-7,9H2,1H3,(H,17,18). The molecule has 0 spiro atoms. The van der Waals surface area contributed by atoms with Crippen LogP contribution in [-0.4, -0.2) is 59.8 Å². The molecule has 7 nitrogen and oxygen atoms in total. The molecule has 1 aromatic rings. The van der Waals surface area contributed by atoms with Gasteiger partial charge in [0.2, 0.25) is 0 Å². The minimum absolute atomic E-state index is 0.106. The maximum absolute atomic E-state index is 12.4. The predicted octanol–water partition coefficient (Wildman–Crippen LogP) is 0.796. The zero-order chi connectivity index (χ0) is 15.2. The number of methoxy groups -OCH3 is 1. The summed E-state index contributed by atoms with van der Waals surface area (Å²) in [5, 5.41) is 8.58. The van der Waals surface area contributed by atoms with Crippen molar-refractivity contribution in [3.8, 4) is 5.75 Å². The van der Waals surface area contributed by atoms with E-state index in [4.69, 9.17) is 14.6 Å². The van der Waals surface area contributed by atoms with Crippen LogP contribution in [0.15, 0.2) is 18.5 Å². The molecule has 1 saturated heterocycles. The molecule has 1 N–H and O–H groups in total. The molecule has 2 heterocycles. The number of hydrogen-bond donors (Lipinski definition) is 1. The van der Waals surface area contributed by atoms with Crippen LogP contribution >= 0.6 is 0 Å². The van der Waals surface area contributed by atoms with E-state index in [1.807, 2.05) is 0 Å². The molecule has 1 aliphatic heterocycles. The van der Waals surface area contributed by atoms with Crippen molar-refractivity contribution < 1.29 is 24.2 Å². The van der Waals surface area contributed by atoms with Crippen molar-refractivity contribution in [2.75, 3.05) is 26.8 Å². The fraction of sp³-hybridized carbons (Fsp3) is 0.500. The Morgan fingerprint density at radius 1 is 1.43 bits per heavy atom. The first kappa shape index (κ1) is 15.2. The number of carboxylic acids is 1. The van der Waals surface area contributed by atoms with Crippen molar-refractivity contribution in [3.05, 3.63) is 24.0 Å². The Hall–Kier alpha value is -2.15. The lowest BCUT2D eigenvalue weighted by Gasteiger charge is -2.31. The Balaban J connectivity index is 1.92. The van der Waals surface area contributed by atoms with E-state index in [0.29, 0.717) is 37.2 Å². The number of carbonyl (C=O) groups is 2. The molecule has 7 heteroatoms. The lowest BCUT2D eigenvalue weighted by Crippen LogP contribution is -2.41. The smallest absolute Gasteiger partial charge is 0.329 e. The number of likely N-dealkylation sites (tertiary alicyclic amines) is 1. The molecule has 1 aliphatic rings. The van der Waals surface area contributed by atoms with E-state index in [-0.39, 0.29) is 18.6 Å². The molecule has 0 aliphatic carbocycles. The van der Waals surface area contributed by atoms with E-state index in [1.165, 1.54) is 13.3 Å². The number of pyridine rings is 1. The number of aromatic nitrogens is 1. The third-order valence-corrected chi connectivity index (χ3v) is 3.41. The van der Waals surface area contributed by atoms with Gasteiger partial charge in [-0.05, 0) is 18.9 Å². The second-order valence-electron chi connectivity index (χ2n) is 4.77. The normalized spacial score (nSPS) is 15.8. The van der Waals surface area contributed by atoms with Gasteiger partial charge in [0, 0.05) is 19.3 Å². The minimum atomic E-state index is -0.977. The third-order valence-electron chi connectivity index (χ3n) is 3.41. The number of carboxylic acid groups (broad SMARTS) is 1. The van der Waals surface area contributed by atoms with Crippen LogP contribution in [0.1, 0.15) is 23.2 Å². The van der Waals surface area contributed by atoms with Gasteiger partial charge in [-0.25, -0.2) is 4.79 Å². The quantitative estimate of drug-likeness (QED) is 0.864. The van der Waals surface area contributed by atoms with Crippen molar-refractivity contribution in [2.45, 2.75) is 18.9 Å². The summed E-state index contributed by atoms with van der Waals surface area (Å²) in [7, 11) is 1.50. The van der Waals surface area contributed by atoms with Gasteiger partial charge in [-0.3, -0.25) is 9.78 Å². The molecule has 0 radical (unpaired) electrons. The van der Waals surface area contributed by atoms with Gasteiger partial charge < -0.3 is 19.5 Å². The topological polar surface area (TPSA) is 89.0 Å². The summed E-state index contributed by atoms with van der Waals surface area (Å²) in [5.41, 5.74) is 0.484. The molecule has 1 fully saturated rings. The number of carbonyl (C=O) groups excluding carboxylic acids is 1. The zero-order valence-corrected chi connectivity index (χ0v) is 11.8. The lowest BCUT2D eigenvalue weighted by atomic mass is 10.1. The number of piperidine rings is 1. The molecule has 21 heavy (non-hydrogen) atoms. The van der Waals surface area contributed by atoms with Gasteiger partial charge in [-0.15, -0.1) is 0 Å². The Kier molecular flexibility index (Phi) is 5.10. The second-order valence-corrected chi connectivity index (χ2v) is 4.77. The van der Waals surface area contributed by atoms with E-state index in [2.05, 4.69) is 4.98 Å². The van der Waals surface area contributed by atoms with Gasteiger partial charge in [0.25, 0.3) is 5.91 Å². The van der Waals surface area contributed by atoms with Crippen LogP contribution in [0.5, 0.6) is 5.75 Å². The van der Waals surface area contributed by atoms with Crippen molar-refractivity contribution in [2.24, 2.45) is 0 Å². The van der Waals surface area contributed by atoms with E-state index in [1.54, 1.807) is 17.2 Å². The first-order valence-electron chi connectivity index (χ1n) is 6.72. The summed E-state index contributed by atoms with van der Waals surface area (Å²) >= 11 is 0. The number of hydrogen-bond acceptors (Lipinski definition) is 5. The highest BCUT2D eigenvalue weighted by molar-refractivity contribution is 5.96. The third kappa shape index (κ3) is 3.91. The van der Waals surface area contributed by atoms with Crippen molar-refractivity contribution in [1.82, 2.24) is 9.88 Å². The van der Waals surface area contributed by atoms with E-state index >= 15 is 0 Å². The maximum atomic E-state index is 12.4. The van der Waals surface area contributed by atoms with Crippen LogP contribution in [0, 0.1) is 0 Å². The molecule has 1 aromatic heterocycles. The van der Waals surface area contributed by atoms with Crippen molar-refractivity contribution in [1.29, 1.82) is 0 Å². The SMILES string of the molecule is COc1cnccc1C(=O)N1CCC(OCC(=O)O)CC1. The van der Waals surface area contributed by atoms with Gasteiger partial charge in [0.1, 0.15) is 12.4 Å². The van der Waals surface area contributed by atoms with Crippen LogP contribution in [0.3, 0.4) is 0 Å². The fourth-order valence-electron chi connectivity index (χ4n) is 2.30. The van der Waals surface area contributed by atoms with Gasteiger partial charge in [0.15, 0.2) is 0 Å². The highest BCUT2D eigenvalue weighted by Crippen LogP contribution is 2.21. The van der Waals surface area contributed by atoms with Crippen LogP contribution in [-0.2, 0) is 9.53 Å². The van der Waals surface area contributed by atoms with E-state index < -0.39 is 5.97 Å². The van der Waals surface area contributed by atoms with Crippen LogP contribution in [0.2, 0.25) is 0 Å². The average molecular weight is 294 g/mol. The molecule has 0 aromatic carbocycles. The number of nitrogens with zero attached hydrogens (tertiary/aromatic N) is 2. The summed E-state index contributed by atoms with van der Waals surface area (Å²) in [6.07, 6.45) is 4.22. The monoisotopic (exact) mass is 294 g/mol. The summed E-state index contributed by atoms with van der Waals surface area (Å²) in [5.74, 6) is -0.632. The molecule has 2 rings (SSSR count).